The first kappa shape index (κ1) is 29.6. The Labute approximate surface area is 242 Å². The predicted octanol–water partition coefficient (Wildman–Crippen LogP) is -4.46. The number of phenolic OH excluding ortho intramolecular Hbond substituents is 2. The molecule has 0 saturated heterocycles. The van der Waals surface area contributed by atoms with Gasteiger partial charge < -0.3 is 31.0 Å². The van der Waals surface area contributed by atoms with E-state index < -0.39 is 65.8 Å². The number of hydrazine groups is 2. The molecule has 0 amide bonds. The van der Waals surface area contributed by atoms with Gasteiger partial charge in [-0.1, -0.05) is 0 Å². The molecule has 0 aliphatic carbocycles. The second-order valence-corrected chi connectivity index (χ2v) is 7.75. The van der Waals surface area contributed by atoms with Crippen molar-refractivity contribution in [3.63, 3.8) is 0 Å². The molecule has 7 rings (SSSR count). The van der Waals surface area contributed by atoms with Crippen molar-refractivity contribution in [2.75, 3.05) is 10.9 Å². The van der Waals surface area contributed by atoms with Crippen LogP contribution in [0.15, 0.2) is 18.5 Å². The van der Waals surface area contributed by atoms with Gasteiger partial charge in [0.05, 0.1) is 30.5 Å². The van der Waals surface area contributed by atoms with Gasteiger partial charge in [-0.15, -0.1) is 20.4 Å². The third-order valence-electron chi connectivity index (χ3n) is 5.35. The van der Waals surface area contributed by atoms with Crippen molar-refractivity contribution in [1.82, 2.24) is 41.0 Å². The first-order valence-corrected chi connectivity index (χ1v) is 11.0. The summed E-state index contributed by atoms with van der Waals surface area (Å²) in [6.45, 7) is 0. The Morgan fingerprint density at radius 1 is 0.565 bits per heavy atom. The summed E-state index contributed by atoms with van der Waals surface area (Å²) in [4.78, 5) is 18.7. The third-order valence-corrected chi connectivity index (χ3v) is 5.35. The fourth-order valence-electron chi connectivity index (χ4n) is 3.55. The molecule has 7 aromatic rings. The highest BCUT2D eigenvalue weighted by Gasteiger charge is 2.39. The molecule has 32 nitrogen and oxygen atoms in total. The summed E-state index contributed by atoms with van der Waals surface area (Å²) in [6, 6.07) is 0. The molecule has 0 atom stereocenters. The van der Waals surface area contributed by atoms with Crippen molar-refractivity contribution in [1.29, 1.82) is 0 Å². The molecule has 0 spiro atoms. The molecule has 32 heteroatoms. The molecule has 8 N–H and O–H groups in total. The molecule has 0 fully saturated rings. The average molecular weight is 652 g/mol. The lowest BCUT2D eigenvalue weighted by molar-refractivity contribution is -0.782. The molecule has 5 aromatic heterocycles. The lowest BCUT2D eigenvalue weighted by atomic mass is 10.2. The molecule has 238 valence electrons. The number of nitrogens with zero attached hydrogens (tertiary/aromatic N) is 14. The van der Waals surface area contributed by atoms with Gasteiger partial charge in [-0.25, -0.2) is 11.7 Å². The summed E-state index contributed by atoms with van der Waals surface area (Å²) < 4.78 is 16.7. The van der Waals surface area contributed by atoms with Gasteiger partial charge in [0.2, 0.25) is 0 Å². The summed E-state index contributed by atoms with van der Waals surface area (Å²) in [5.41, 5.74) is -1.66. The van der Waals surface area contributed by atoms with E-state index in [1.807, 2.05) is 0 Å². The van der Waals surface area contributed by atoms with Crippen molar-refractivity contribution >= 4 is 67.4 Å². The van der Waals surface area contributed by atoms with E-state index in [1.54, 1.807) is 0 Å². The lowest BCUT2D eigenvalue weighted by Crippen LogP contribution is -2.25. The van der Waals surface area contributed by atoms with E-state index in [-0.39, 0.29) is 42.5 Å². The predicted molar refractivity (Wildman–Crippen MR) is 129 cm³/mol. The summed E-state index contributed by atoms with van der Waals surface area (Å²) in [5.74, 6) is 8.13. The molecule has 46 heavy (non-hydrogen) atoms. The standard InChI is InChI=1S/2C6HN5O7.C2H6N8/c2*12-6-4(9(13)14)1-3(10(15)17-7-1)2-5(6)11(16)18-8-2;3-5-1-7-9-2(6-4)10-8-1/h2*12H;3-4H2,(H,5,7,8)(H,6,9,10). The minimum Gasteiger partial charge on any atom is -0.499 e. The number of nitrogen functional groups attached to an aromatic ring is 2. The van der Waals surface area contributed by atoms with Crippen molar-refractivity contribution < 1.29 is 58.2 Å². The number of nitrogens with one attached hydrogen (secondary N) is 2. The van der Waals surface area contributed by atoms with Crippen molar-refractivity contribution in [2.24, 2.45) is 11.7 Å². The zero-order valence-corrected chi connectivity index (χ0v) is 21.2. The molecular weight excluding hydrogens is 644 g/mol. The second-order valence-electron chi connectivity index (χ2n) is 7.75. The Morgan fingerprint density at radius 3 is 1.13 bits per heavy atom. The van der Waals surface area contributed by atoms with E-state index in [4.69, 9.17) is 11.7 Å². The molecule has 5 heterocycles. The topological polar surface area (TPSA) is 466 Å². The van der Waals surface area contributed by atoms with Crippen molar-refractivity contribution in [3.8, 4) is 11.5 Å². The molecule has 0 radical (unpaired) electrons. The summed E-state index contributed by atoms with van der Waals surface area (Å²) >= 11 is 0. The third kappa shape index (κ3) is 4.62. The van der Waals surface area contributed by atoms with Crippen LogP contribution in [0.1, 0.15) is 0 Å². The number of aromatic nitrogens is 12. The van der Waals surface area contributed by atoms with Gasteiger partial charge in [0.25, 0.3) is 45.5 Å². The molecule has 0 bridgehead atoms. The Hall–Kier alpha value is -7.90. The average Bonchev–Trinajstić information content (AvgIpc) is 3.80. The Morgan fingerprint density at radius 2 is 0.848 bits per heavy atom. The van der Waals surface area contributed by atoms with Crippen LogP contribution in [0.25, 0.3) is 44.1 Å². The van der Waals surface area contributed by atoms with E-state index in [2.05, 4.69) is 70.4 Å². The van der Waals surface area contributed by atoms with Crippen LogP contribution in [0, 0.1) is 41.1 Å². The number of nitrogens with two attached hydrogens (primary N) is 2. The number of anilines is 2. The molecule has 2 aromatic carbocycles. The zero-order valence-electron chi connectivity index (χ0n) is 21.2. The highest BCUT2D eigenvalue weighted by Crippen LogP contribution is 2.39. The maximum atomic E-state index is 11.3. The summed E-state index contributed by atoms with van der Waals surface area (Å²) in [7, 11) is 0. The van der Waals surface area contributed by atoms with Crippen LogP contribution < -0.4 is 42.1 Å². The number of benzene rings is 2. The lowest BCUT2D eigenvalue weighted by Gasteiger charge is -1.95. The van der Waals surface area contributed by atoms with Gasteiger partial charge in [-0.05, 0) is 19.6 Å². The normalized spacial score (nSPS) is 10.8. The smallest absolute Gasteiger partial charge is 0.373 e. The van der Waals surface area contributed by atoms with Gasteiger partial charge in [0.1, 0.15) is 0 Å². The van der Waals surface area contributed by atoms with E-state index in [9.17, 15) is 51.3 Å². The van der Waals surface area contributed by atoms with Crippen LogP contribution in [0.5, 0.6) is 11.5 Å². The number of fused-ring (bicyclic) bond motifs is 6. The minimum absolute atomic E-state index is 0.138. The SMILES string of the molecule is NNc1nnc(NN)nn1.O=[N+]([O-])c1c(O)c2c(no[n+]2[O-])c2c1no[n+]2[O-].O=[N+]([O-])c1c(O)c2c(no[n+]2[O-])c2c1no[n+]2[O-]. The van der Waals surface area contributed by atoms with E-state index in [0.29, 0.717) is 0 Å². The van der Waals surface area contributed by atoms with Crippen LogP contribution >= 0.6 is 0 Å². The molecule has 0 aliphatic heterocycles. The maximum Gasteiger partial charge on any atom is 0.373 e. The van der Waals surface area contributed by atoms with Gasteiger partial charge in [-0.3, -0.25) is 49.6 Å². The summed E-state index contributed by atoms with van der Waals surface area (Å²) in [6.07, 6.45) is 0. The van der Waals surface area contributed by atoms with Gasteiger partial charge in [-0.2, -0.15) is 0 Å². The van der Waals surface area contributed by atoms with Gasteiger partial charge in [0, 0.05) is 0 Å². The number of hydrogen-bond donors (Lipinski definition) is 6. The van der Waals surface area contributed by atoms with Crippen LogP contribution in [-0.2, 0) is 0 Å². The number of nitro benzene ring substituents is 2. The fraction of sp³-hybridized carbons (Fsp3) is 0. The number of aromatic hydroxyl groups is 2. The largest absolute Gasteiger partial charge is 0.499 e. The first-order valence-electron chi connectivity index (χ1n) is 11.0. The molecule has 0 aliphatic rings. The highest BCUT2D eigenvalue weighted by molar-refractivity contribution is 6.06. The summed E-state index contributed by atoms with van der Waals surface area (Å²) in [5, 5.41) is 112. The van der Waals surface area contributed by atoms with Crippen molar-refractivity contribution in [3.05, 3.63) is 41.1 Å². The number of hydrogen-bond acceptors (Lipinski definition) is 26. The number of nitro groups is 2. The molecule has 0 unspecified atom stereocenters. The van der Waals surface area contributed by atoms with E-state index >= 15 is 0 Å². The van der Waals surface area contributed by atoms with E-state index in [0.717, 1.165) is 0 Å². The highest BCUT2D eigenvalue weighted by atomic mass is 16.8. The number of rotatable bonds is 4. The van der Waals surface area contributed by atoms with Crippen LogP contribution in [-0.4, -0.2) is 61.1 Å². The van der Waals surface area contributed by atoms with E-state index in [1.165, 1.54) is 0 Å². The molecular formula is C14H8N18O14. The Balaban J connectivity index is 0.000000142. The van der Waals surface area contributed by atoms with Crippen LogP contribution in [0.4, 0.5) is 23.3 Å². The Kier molecular flexibility index (Phi) is 7.12. The quantitative estimate of drug-likeness (QED) is 0.0451. The fourth-order valence-corrected chi connectivity index (χ4v) is 3.55. The molecule has 0 saturated carbocycles. The van der Waals surface area contributed by atoms with Crippen molar-refractivity contribution in [2.45, 2.75) is 0 Å². The zero-order chi connectivity index (χ0) is 33.4. The monoisotopic (exact) mass is 652 g/mol. The van der Waals surface area contributed by atoms with Gasteiger partial charge >= 0.3 is 33.4 Å². The first-order chi connectivity index (χ1) is 21.9. The second kappa shape index (κ2) is 11.1. The van der Waals surface area contributed by atoms with Crippen LogP contribution in [0.2, 0.25) is 0 Å². The maximum absolute atomic E-state index is 11.3. The van der Waals surface area contributed by atoms with Crippen LogP contribution in [0.3, 0.4) is 0 Å². The Bertz CT molecular complexity index is 2110. The number of phenols is 2. The van der Waals surface area contributed by atoms with Gasteiger partial charge in [0.15, 0.2) is 0 Å². The minimum atomic E-state index is -1.01.